The van der Waals surface area contributed by atoms with Gasteiger partial charge in [-0.2, -0.15) is 0 Å². The fourth-order valence-electron chi connectivity index (χ4n) is 3.22. The number of carbonyl (C=O) groups excluding carboxylic acids is 2. The fourth-order valence-corrected chi connectivity index (χ4v) is 3.93. The number of carbonyl (C=O) groups is 2. The van der Waals surface area contributed by atoms with E-state index in [1.54, 1.807) is 11.3 Å². The minimum absolute atomic E-state index is 0.0841. The highest BCUT2D eigenvalue weighted by atomic mass is 32.1. The van der Waals surface area contributed by atoms with Gasteiger partial charge in [-0.3, -0.25) is 9.59 Å². The molecule has 5 nitrogen and oxygen atoms in total. The fraction of sp³-hybridized carbons (Fsp3) is 0.333. The number of H-pyrrole nitrogens is 1. The SMILES string of the molecule is O=C(CCc1cccs1)N[C@@H](Cc1c[nH]c2ccccc12)C(=O)NC1CC1. The summed E-state index contributed by atoms with van der Waals surface area (Å²) in [5.74, 6) is -0.175. The number of nitrogens with one attached hydrogen (secondary N) is 3. The van der Waals surface area contributed by atoms with E-state index in [2.05, 4.69) is 15.6 Å². The van der Waals surface area contributed by atoms with Gasteiger partial charge in [0.2, 0.25) is 11.8 Å². The van der Waals surface area contributed by atoms with Gasteiger partial charge < -0.3 is 15.6 Å². The van der Waals surface area contributed by atoms with Crippen LogP contribution in [0.3, 0.4) is 0 Å². The normalized spacial score (nSPS) is 14.8. The third-order valence-corrected chi connectivity index (χ3v) is 5.79. The Morgan fingerprint density at radius 2 is 2.04 bits per heavy atom. The molecule has 27 heavy (non-hydrogen) atoms. The molecular formula is C21H23N3O2S. The molecule has 2 heterocycles. The Morgan fingerprint density at radius 3 is 2.81 bits per heavy atom. The first-order chi connectivity index (χ1) is 13.2. The zero-order valence-electron chi connectivity index (χ0n) is 15.0. The van der Waals surface area contributed by atoms with Crippen LogP contribution >= 0.6 is 11.3 Å². The van der Waals surface area contributed by atoms with Crippen LogP contribution in [0.1, 0.15) is 29.7 Å². The predicted molar refractivity (Wildman–Crippen MR) is 108 cm³/mol. The van der Waals surface area contributed by atoms with Gasteiger partial charge >= 0.3 is 0 Å². The number of aryl methyl sites for hydroxylation is 1. The Morgan fingerprint density at radius 1 is 1.19 bits per heavy atom. The molecule has 0 bridgehead atoms. The summed E-state index contributed by atoms with van der Waals surface area (Å²) >= 11 is 1.65. The molecule has 1 saturated carbocycles. The molecular weight excluding hydrogens is 358 g/mol. The van der Waals surface area contributed by atoms with Gasteiger partial charge in [-0.1, -0.05) is 24.3 Å². The largest absolute Gasteiger partial charge is 0.361 e. The van der Waals surface area contributed by atoms with E-state index in [9.17, 15) is 9.59 Å². The van der Waals surface area contributed by atoms with Crippen LogP contribution in [-0.4, -0.2) is 28.9 Å². The summed E-state index contributed by atoms with van der Waals surface area (Å²) in [4.78, 5) is 29.6. The van der Waals surface area contributed by atoms with Crippen LogP contribution in [0.5, 0.6) is 0 Å². The molecule has 140 valence electrons. The van der Waals surface area contributed by atoms with Gasteiger partial charge in [-0.15, -0.1) is 11.3 Å². The van der Waals surface area contributed by atoms with E-state index >= 15 is 0 Å². The van der Waals surface area contributed by atoms with E-state index in [0.717, 1.165) is 29.3 Å². The lowest BCUT2D eigenvalue weighted by Gasteiger charge is -2.18. The quantitative estimate of drug-likeness (QED) is 0.561. The highest BCUT2D eigenvalue weighted by Crippen LogP contribution is 2.21. The Labute approximate surface area is 162 Å². The minimum Gasteiger partial charge on any atom is -0.361 e. The predicted octanol–water partition coefficient (Wildman–Crippen LogP) is 3.17. The van der Waals surface area contributed by atoms with Crippen molar-refractivity contribution in [1.29, 1.82) is 0 Å². The second-order valence-electron chi connectivity index (χ2n) is 7.05. The Kier molecular flexibility index (Phi) is 5.25. The summed E-state index contributed by atoms with van der Waals surface area (Å²) in [6.45, 7) is 0. The van der Waals surface area contributed by atoms with Crippen LogP contribution in [0, 0.1) is 0 Å². The molecule has 1 atom stereocenters. The van der Waals surface area contributed by atoms with Gasteiger partial charge in [0.05, 0.1) is 0 Å². The van der Waals surface area contributed by atoms with Crippen LogP contribution in [0.2, 0.25) is 0 Å². The number of hydrogen-bond donors (Lipinski definition) is 3. The maximum Gasteiger partial charge on any atom is 0.243 e. The Bertz CT molecular complexity index is 928. The molecule has 6 heteroatoms. The first-order valence-electron chi connectivity index (χ1n) is 9.36. The lowest BCUT2D eigenvalue weighted by molar-refractivity contribution is -0.129. The maximum atomic E-state index is 12.7. The number of rotatable bonds is 8. The number of benzene rings is 1. The topological polar surface area (TPSA) is 74.0 Å². The summed E-state index contributed by atoms with van der Waals surface area (Å²) in [7, 11) is 0. The molecule has 0 saturated heterocycles. The highest BCUT2D eigenvalue weighted by molar-refractivity contribution is 7.09. The van der Waals surface area contributed by atoms with Crippen LogP contribution in [0.25, 0.3) is 10.9 Å². The molecule has 2 amide bonds. The van der Waals surface area contributed by atoms with Crippen molar-refractivity contribution in [2.24, 2.45) is 0 Å². The van der Waals surface area contributed by atoms with Crippen molar-refractivity contribution in [3.05, 3.63) is 58.4 Å². The average Bonchev–Trinajstić information content (AvgIpc) is 3.18. The van der Waals surface area contributed by atoms with E-state index in [1.807, 2.05) is 48.0 Å². The molecule has 0 unspecified atom stereocenters. The first kappa shape index (κ1) is 17.8. The number of para-hydroxylation sites is 1. The number of amides is 2. The van der Waals surface area contributed by atoms with Crippen molar-refractivity contribution in [1.82, 2.24) is 15.6 Å². The van der Waals surface area contributed by atoms with Crippen molar-refractivity contribution < 1.29 is 9.59 Å². The number of thiophene rings is 1. The van der Waals surface area contributed by atoms with Crippen molar-refractivity contribution >= 4 is 34.1 Å². The molecule has 1 fully saturated rings. The molecule has 1 aromatic carbocycles. The lowest BCUT2D eigenvalue weighted by atomic mass is 10.0. The molecule has 0 aliphatic heterocycles. The van der Waals surface area contributed by atoms with Crippen LogP contribution in [0.4, 0.5) is 0 Å². The first-order valence-corrected chi connectivity index (χ1v) is 10.2. The van der Waals surface area contributed by atoms with E-state index in [4.69, 9.17) is 0 Å². The number of hydrogen-bond acceptors (Lipinski definition) is 3. The van der Waals surface area contributed by atoms with E-state index in [0.29, 0.717) is 19.3 Å². The summed E-state index contributed by atoms with van der Waals surface area (Å²) in [6.07, 6.45) is 5.55. The highest BCUT2D eigenvalue weighted by Gasteiger charge is 2.29. The van der Waals surface area contributed by atoms with Gasteiger partial charge in [0, 0.05) is 40.9 Å². The molecule has 2 aromatic heterocycles. The van der Waals surface area contributed by atoms with Crippen LogP contribution < -0.4 is 10.6 Å². The summed E-state index contributed by atoms with van der Waals surface area (Å²) in [5.41, 5.74) is 2.08. The van der Waals surface area contributed by atoms with Crippen molar-refractivity contribution in [3.63, 3.8) is 0 Å². The number of aromatic nitrogens is 1. The molecule has 4 rings (SSSR count). The van der Waals surface area contributed by atoms with Gasteiger partial charge in [-0.25, -0.2) is 0 Å². The molecule has 3 aromatic rings. The second kappa shape index (κ2) is 7.96. The van der Waals surface area contributed by atoms with E-state index in [1.165, 1.54) is 4.88 Å². The smallest absolute Gasteiger partial charge is 0.243 e. The molecule has 1 aliphatic carbocycles. The monoisotopic (exact) mass is 381 g/mol. The zero-order valence-corrected chi connectivity index (χ0v) is 15.9. The number of fused-ring (bicyclic) bond motifs is 1. The number of aromatic amines is 1. The summed E-state index contributed by atoms with van der Waals surface area (Å²) < 4.78 is 0. The summed E-state index contributed by atoms with van der Waals surface area (Å²) in [6, 6.07) is 11.7. The summed E-state index contributed by atoms with van der Waals surface area (Å²) in [5, 5.41) is 9.09. The maximum absolute atomic E-state index is 12.7. The molecule has 0 spiro atoms. The van der Waals surface area contributed by atoms with Gasteiger partial charge in [0.15, 0.2) is 0 Å². The average molecular weight is 382 g/mol. The lowest BCUT2D eigenvalue weighted by Crippen LogP contribution is -2.48. The molecule has 0 radical (unpaired) electrons. The third kappa shape index (κ3) is 4.57. The molecule has 1 aliphatic rings. The van der Waals surface area contributed by atoms with Crippen molar-refractivity contribution in [2.45, 2.75) is 44.2 Å². The zero-order chi connectivity index (χ0) is 18.6. The van der Waals surface area contributed by atoms with Crippen LogP contribution in [-0.2, 0) is 22.4 Å². The van der Waals surface area contributed by atoms with Gasteiger partial charge in [-0.05, 0) is 42.3 Å². The second-order valence-corrected chi connectivity index (χ2v) is 8.08. The Hall–Kier alpha value is -2.60. The standard InChI is InChI=1S/C21H23N3O2S/c25-20(10-9-16-4-3-11-27-16)24-19(21(26)23-15-7-8-15)12-14-13-22-18-6-2-1-5-17(14)18/h1-6,11,13,15,19,22H,7-10,12H2,(H,23,26)(H,24,25)/t19-/m0/s1. The third-order valence-electron chi connectivity index (χ3n) is 4.85. The van der Waals surface area contributed by atoms with Crippen LogP contribution in [0.15, 0.2) is 48.0 Å². The minimum atomic E-state index is -0.555. The van der Waals surface area contributed by atoms with Crippen molar-refractivity contribution in [2.75, 3.05) is 0 Å². The van der Waals surface area contributed by atoms with E-state index < -0.39 is 6.04 Å². The van der Waals surface area contributed by atoms with Crippen molar-refractivity contribution in [3.8, 4) is 0 Å². The van der Waals surface area contributed by atoms with Gasteiger partial charge in [0.1, 0.15) is 6.04 Å². The Balaban J connectivity index is 1.44. The van der Waals surface area contributed by atoms with E-state index in [-0.39, 0.29) is 17.9 Å². The molecule has 3 N–H and O–H groups in total. The van der Waals surface area contributed by atoms with Gasteiger partial charge in [0.25, 0.3) is 0 Å².